The molecule has 0 aromatic heterocycles. The van der Waals surface area contributed by atoms with E-state index in [0.29, 0.717) is 10.8 Å². The summed E-state index contributed by atoms with van der Waals surface area (Å²) in [5.41, 5.74) is 3.87. The highest BCUT2D eigenvalue weighted by atomic mass is 35.5. The van der Waals surface area contributed by atoms with Gasteiger partial charge in [0.05, 0.1) is 0 Å². The van der Waals surface area contributed by atoms with Crippen LogP contribution in [0.25, 0.3) is 0 Å². The van der Waals surface area contributed by atoms with E-state index in [4.69, 9.17) is 16.3 Å². The lowest BCUT2D eigenvalue weighted by molar-refractivity contribution is -0.113. The van der Waals surface area contributed by atoms with E-state index in [1.54, 1.807) is 24.3 Å². The zero-order chi connectivity index (χ0) is 18.2. The summed E-state index contributed by atoms with van der Waals surface area (Å²) in [6.45, 7) is 9.14. The minimum Gasteiger partial charge on any atom is -0.478 e. The van der Waals surface area contributed by atoms with E-state index in [0.717, 1.165) is 18.3 Å². The highest BCUT2D eigenvalue weighted by Crippen LogP contribution is 2.46. The summed E-state index contributed by atoms with van der Waals surface area (Å²) in [5.74, 6) is 0.638. The van der Waals surface area contributed by atoms with E-state index in [-0.39, 0.29) is 10.8 Å². The first-order valence-corrected chi connectivity index (χ1v) is 9.13. The number of ether oxygens (including phenoxy) is 1. The molecule has 0 saturated carbocycles. The van der Waals surface area contributed by atoms with Gasteiger partial charge >= 0.3 is 0 Å². The van der Waals surface area contributed by atoms with Crippen LogP contribution in [0, 0.1) is 0 Å². The van der Waals surface area contributed by atoms with Crippen LogP contribution < -0.4 is 4.74 Å². The number of carbonyl (C=O) groups is 1. The molecule has 2 aromatic rings. The second kappa shape index (κ2) is 6.49. The van der Waals surface area contributed by atoms with Gasteiger partial charge < -0.3 is 4.74 Å². The van der Waals surface area contributed by atoms with Crippen molar-refractivity contribution in [3.63, 3.8) is 0 Å². The molecule has 1 atom stereocenters. The summed E-state index contributed by atoms with van der Waals surface area (Å²) in [7, 11) is 0. The van der Waals surface area contributed by atoms with Crippen LogP contribution in [-0.4, -0.2) is 6.29 Å². The van der Waals surface area contributed by atoms with Gasteiger partial charge in [0.2, 0.25) is 0 Å². The molecular weight excluding hydrogens is 332 g/mol. The van der Waals surface area contributed by atoms with Gasteiger partial charge in [-0.2, -0.15) is 0 Å². The molecule has 3 heteroatoms. The van der Waals surface area contributed by atoms with Crippen molar-refractivity contribution in [2.24, 2.45) is 0 Å². The van der Waals surface area contributed by atoms with Crippen LogP contribution >= 0.6 is 11.6 Å². The highest BCUT2D eigenvalue weighted by Gasteiger charge is 2.37. The van der Waals surface area contributed by atoms with Crippen molar-refractivity contribution in [3.05, 3.63) is 64.2 Å². The number of carbonyl (C=O) groups excluding carboxylic acids is 1. The number of hydrogen-bond acceptors (Lipinski definition) is 2. The second-order valence-electron chi connectivity index (χ2n) is 8.20. The Bertz CT molecular complexity index is 775. The number of fused-ring (bicyclic) bond motifs is 1. The Labute approximate surface area is 155 Å². The molecule has 0 fully saturated rings. The normalized spacial score (nSPS) is 18.9. The van der Waals surface area contributed by atoms with Gasteiger partial charge in [0.25, 0.3) is 0 Å². The summed E-state index contributed by atoms with van der Waals surface area (Å²) in [6.07, 6.45) is 2.55. The average Bonchev–Trinajstić information content (AvgIpc) is 2.58. The summed E-state index contributed by atoms with van der Waals surface area (Å²) < 4.78 is 5.89. The van der Waals surface area contributed by atoms with E-state index in [9.17, 15) is 4.79 Å². The molecule has 1 aliphatic carbocycles. The molecule has 0 amide bonds. The van der Waals surface area contributed by atoms with Crippen LogP contribution in [0.1, 0.15) is 63.3 Å². The Morgan fingerprint density at radius 2 is 1.56 bits per heavy atom. The third-order valence-electron chi connectivity index (χ3n) is 5.41. The first-order valence-electron chi connectivity index (χ1n) is 8.75. The zero-order valence-electron chi connectivity index (χ0n) is 15.3. The van der Waals surface area contributed by atoms with Crippen molar-refractivity contribution < 1.29 is 9.53 Å². The SMILES string of the molecule is CC1(C)CCC(C)(C)c2cc([C@H](C=O)Oc3ccc(Cl)cc3)ccc21. The van der Waals surface area contributed by atoms with Gasteiger partial charge in [0, 0.05) is 5.02 Å². The van der Waals surface area contributed by atoms with Crippen molar-refractivity contribution in [1.82, 2.24) is 0 Å². The Balaban J connectivity index is 1.96. The molecule has 0 saturated heterocycles. The molecule has 0 bridgehead atoms. The number of benzene rings is 2. The maximum absolute atomic E-state index is 11.7. The fraction of sp³-hybridized carbons (Fsp3) is 0.409. The molecule has 0 heterocycles. The van der Waals surface area contributed by atoms with E-state index < -0.39 is 6.10 Å². The predicted molar refractivity (Wildman–Crippen MR) is 103 cm³/mol. The third kappa shape index (κ3) is 3.59. The standard InChI is InChI=1S/C22H25ClO2/c1-21(2)11-12-22(3,4)19-13-15(5-10-18(19)21)20(14-24)25-17-8-6-16(23)7-9-17/h5-10,13-14,20H,11-12H2,1-4H3/t20-/m0/s1. The Hall–Kier alpha value is -1.80. The minimum atomic E-state index is -0.618. The smallest absolute Gasteiger partial charge is 0.179 e. The van der Waals surface area contributed by atoms with Crippen molar-refractivity contribution in [2.45, 2.75) is 57.5 Å². The molecule has 0 aliphatic heterocycles. The van der Waals surface area contributed by atoms with Gasteiger partial charge in [-0.15, -0.1) is 0 Å². The third-order valence-corrected chi connectivity index (χ3v) is 5.66. The van der Waals surface area contributed by atoms with Crippen molar-refractivity contribution >= 4 is 17.9 Å². The van der Waals surface area contributed by atoms with Gasteiger partial charge in [-0.3, -0.25) is 4.79 Å². The van der Waals surface area contributed by atoms with Gasteiger partial charge in [-0.25, -0.2) is 0 Å². The topological polar surface area (TPSA) is 26.3 Å². The monoisotopic (exact) mass is 356 g/mol. The summed E-state index contributed by atoms with van der Waals surface area (Å²) >= 11 is 5.91. The molecule has 0 unspecified atom stereocenters. The van der Waals surface area contributed by atoms with Gasteiger partial charge in [-0.05, 0) is 64.6 Å². The molecule has 3 rings (SSSR count). The lowest BCUT2D eigenvalue weighted by Crippen LogP contribution is -2.34. The van der Waals surface area contributed by atoms with Crippen molar-refractivity contribution in [1.29, 1.82) is 0 Å². The Morgan fingerprint density at radius 1 is 0.960 bits per heavy atom. The lowest BCUT2D eigenvalue weighted by Gasteiger charge is -2.42. The minimum absolute atomic E-state index is 0.106. The van der Waals surface area contributed by atoms with E-state index in [1.807, 2.05) is 6.07 Å². The highest BCUT2D eigenvalue weighted by molar-refractivity contribution is 6.30. The van der Waals surface area contributed by atoms with Crippen molar-refractivity contribution in [3.8, 4) is 5.75 Å². The number of hydrogen-bond donors (Lipinski definition) is 0. The fourth-order valence-electron chi connectivity index (χ4n) is 3.62. The maximum Gasteiger partial charge on any atom is 0.179 e. The van der Waals surface area contributed by atoms with Gasteiger partial charge in [-0.1, -0.05) is 57.5 Å². The summed E-state index contributed by atoms with van der Waals surface area (Å²) in [5, 5.41) is 0.646. The molecule has 0 spiro atoms. The average molecular weight is 357 g/mol. The fourth-order valence-corrected chi connectivity index (χ4v) is 3.74. The largest absolute Gasteiger partial charge is 0.478 e. The zero-order valence-corrected chi connectivity index (χ0v) is 16.1. The Morgan fingerprint density at radius 3 is 2.16 bits per heavy atom. The molecule has 25 heavy (non-hydrogen) atoms. The molecule has 0 radical (unpaired) electrons. The molecular formula is C22H25ClO2. The predicted octanol–water partition coefficient (Wildman–Crippen LogP) is 6.01. The first kappa shape index (κ1) is 18.0. The quantitative estimate of drug-likeness (QED) is 0.627. The maximum atomic E-state index is 11.7. The molecule has 2 nitrogen and oxygen atoms in total. The van der Waals surface area contributed by atoms with Crippen LogP contribution in [0.5, 0.6) is 5.75 Å². The number of aldehydes is 1. The van der Waals surface area contributed by atoms with Gasteiger partial charge in [0.15, 0.2) is 12.4 Å². The van der Waals surface area contributed by atoms with E-state index in [1.165, 1.54) is 17.5 Å². The van der Waals surface area contributed by atoms with Crippen LogP contribution in [0.15, 0.2) is 42.5 Å². The van der Waals surface area contributed by atoms with E-state index >= 15 is 0 Å². The van der Waals surface area contributed by atoms with Crippen LogP contribution in [0.2, 0.25) is 5.02 Å². The number of halogens is 1. The van der Waals surface area contributed by atoms with Crippen molar-refractivity contribution in [2.75, 3.05) is 0 Å². The second-order valence-corrected chi connectivity index (χ2v) is 8.64. The number of rotatable bonds is 4. The van der Waals surface area contributed by atoms with Crippen LogP contribution in [-0.2, 0) is 15.6 Å². The van der Waals surface area contributed by atoms with Crippen LogP contribution in [0.3, 0.4) is 0 Å². The summed E-state index contributed by atoms with van der Waals surface area (Å²) in [6, 6.07) is 13.4. The molecule has 0 N–H and O–H groups in total. The lowest BCUT2D eigenvalue weighted by atomic mass is 9.63. The van der Waals surface area contributed by atoms with Gasteiger partial charge in [0.1, 0.15) is 5.75 Å². The molecule has 1 aliphatic rings. The molecule has 132 valence electrons. The Kier molecular flexibility index (Phi) is 4.68. The molecule has 2 aromatic carbocycles. The van der Waals surface area contributed by atoms with Crippen LogP contribution in [0.4, 0.5) is 0 Å². The van der Waals surface area contributed by atoms with E-state index in [2.05, 4.69) is 39.8 Å². The summed E-state index contributed by atoms with van der Waals surface area (Å²) in [4.78, 5) is 11.7. The first-order chi connectivity index (χ1) is 11.7.